The van der Waals surface area contributed by atoms with Gasteiger partial charge >= 0.3 is 0 Å². The Kier molecular flexibility index (Phi) is 6.31. The first-order chi connectivity index (χ1) is 15.3. The molecule has 3 fully saturated rings. The largest absolute Gasteiger partial charge is 0.369 e. The maximum atomic E-state index is 13.8. The van der Waals surface area contributed by atoms with Gasteiger partial charge in [-0.15, -0.1) is 0 Å². The van der Waals surface area contributed by atoms with Gasteiger partial charge in [0.05, 0.1) is 23.5 Å². The van der Waals surface area contributed by atoms with Crippen LogP contribution in [0, 0.1) is 18.8 Å². The Morgan fingerprint density at radius 2 is 1.72 bits per heavy atom. The van der Waals surface area contributed by atoms with Crippen molar-refractivity contribution >= 4 is 21.4 Å². The molecular formula is C24H26O7S. The first kappa shape index (κ1) is 22.8. The topological polar surface area (TPSA) is 96.0 Å². The lowest BCUT2D eigenvalue weighted by Crippen LogP contribution is -2.67. The lowest BCUT2D eigenvalue weighted by molar-refractivity contribution is -0.310. The maximum Gasteiger partial charge on any atom is 0.185 e. The predicted octanol–water partition coefficient (Wildman–Crippen LogP) is 2.61. The van der Waals surface area contributed by atoms with Gasteiger partial charge in [0.2, 0.25) is 0 Å². The number of hydrogen-bond acceptors (Lipinski definition) is 7. The molecule has 0 radical (unpaired) electrons. The monoisotopic (exact) mass is 458 g/mol. The molecule has 3 aliphatic heterocycles. The van der Waals surface area contributed by atoms with Crippen LogP contribution in [-0.2, 0) is 28.8 Å². The van der Waals surface area contributed by atoms with Gasteiger partial charge in [-0.2, -0.15) is 0 Å². The number of hydrogen-bond donors (Lipinski definition) is 0. The van der Waals surface area contributed by atoms with Crippen molar-refractivity contribution in [2.24, 2.45) is 11.8 Å². The molecule has 170 valence electrons. The lowest BCUT2D eigenvalue weighted by atomic mass is 9.74. The quantitative estimate of drug-likeness (QED) is 0.465. The van der Waals surface area contributed by atoms with E-state index in [1.165, 1.54) is 26.2 Å². The number of carbonyl (C=O) groups is 2. The summed E-state index contributed by atoms with van der Waals surface area (Å²) in [7, 11) is -2.57. The van der Waals surface area contributed by atoms with Crippen molar-refractivity contribution in [3.05, 3.63) is 65.7 Å². The van der Waals surface area contributed by atoms with Crippen LogP contribution in [0.1, 0.15) is 22.8 Å². The number of benzene rings is 2. The summed E-state index contributed by atoms with van der Waals surface area (Å²) >= 11 is 0. The van der Waals surface area contributed by atoms with E-state index in [0.29, 0.717) is 5.56 Å². The number of ether oxygens (including phenoxy) is 3. The van der Waals surface area contributed by atoms with E-state index >= 15 is 0 Å². The highest BCUT2D eigenvalue weighted by molar-refractivity contribution is 7.92. The molecule has 0 saturated carbocycles. The average Bonchev–Trinajstić information content (AvgIpc) is 2.79. The van der Waals surface area contributed by atoms with Gasteiger partial charge < -0.3 is 14.2 Å². The van der Waals surface area contributed by atoms with E-state index in [9.17, 15) is 18.0 Å². The Bertz CT molecular complexity index is 1090. The summed E-state index contributed by atoms with van der Waals surface area (Å²) in [6.45, 7) is 3.27. The number of ketones is 2. The molecular weight excluding hydrogens is 432 g/mol. The molecule has 0 amide bonds. The molecule has 3 aliphatic rings. The van der Waals surface area contributed by atoms with Gasteiger partial charge in [0, 0.05) is 18.6 Å². The molecule has 0 N–H and O–H groups in total. The molecule has 2 aromatic rings. The molecule has 0 aliphatic carbocycles. The molecule has 0 aromatic heterocycles. The average molecular weight is 459 g/mol. The second kappa shape index (κ2) is 8.86. The summed E-state index contributed by atoms with van der Waals surface area (Å²) < 4.78 is 44.8. The normalized spacial score (nSPS) is 28.3. The van der Waals surface area contributed by atoms with Crippen molar-refractivity contribution in [2.45, 2.75) is 42.5 Å². The van der Waals surface area contributed by atoms with Crippen LogP contribution in [0.25, 0.3) is 0 Å². The van der Waals surface area contributed by atoms with E-state index in [1.54, 1.807) is 42.5 Å². The minimum Gasteiger partial charge on any atom is -0.369 e. The molecule has 3 saturated heterocycles. The van der Waals surface area contributed by atoms with Gasteiger partial charge in [0.25, 0.3) is 0 Å². The smallest absolute Gasteiger partial charge is 0.185 e. The number of methoxy groups -OCH3 is 1. The van der Waals surface area contributed by atoms with Gasteiger partial charge in [0.1, 0.15) is 17.1 Å². The third kappa shape index (κ3) is 3.92. The number of fused-ring (bicyclic) bond motifs is 3. The highest BCUT2D eigenvalue weighted by Gasteiger charge is 2.60. The lowest BCUT2D eigenvalue weighted by Gasteiger charge is -2.52. The predicted molar refractivity (Wildman–Crippen MR) is 116 cm³/mol. The summed E-state index contributed by atoms with van der Waals surface area (Å²) in [6.07, 6.45) is -2.65. The van der Waals surface area contributed by atoms with Crippen LogP contribution in [0.2, 0.25) is 0 Å². The third-order valence-electron chi connectivity index (χ3n) is 6.27. The van der Waals surface area contributed by atoms with E-state index < -0.39 is 57.0 Å². The van der Waals surface area contributed by atoms with Crippen LogP contribution in [0.3, 0.4) is 0 Å². The second-order valence-corrected chi connectivity index (χ2v) is 10.4. The van der Waals surface area contributed by atoms with Gasteiger partial charge in [-0.1, -0.05) is 48.0 Å². The van der Waals surface area contributed by atoms with Crippen LogP contribution in [0.4, 0.5) is 0 Å². The van der Waals surface area contributed by atoms with Crippen LogP contribution < -0.4 is 0 Å². The Hall–Kier alpha value is -2.39. The van der Waals surface area contributed by atoms with E-state index in [2.05, 4.69) is 0 Å². The van der Waals surface area contributed by atoms with Crippen molar-refractivity contribution in [1.82, 2.24) is 0 Å². The number of rotatable bonds is 7. The fourth-order valence-corrected chi connectivity index (χ4v) is 6.87. The molecule has 0 spiro atoms. The highest BCUT2D eigenvalue weighted by atomic mass is 32.2. The number of carbonyl (C=O) groups excluding carboxylic acids is 2. The van der Waals surface area contributed by atoms with Crippen LogP contribution in [0.15, 0.2) is 59.5 Å². The summed E-state index contributed by atoms with van der Waals surface area (Å²) in [5.41, 5.74) is 1.27. The van der Waals surface area contributed by atoms with E-state index in [4.69, 9.17) is 14.2 Å². The van der Waals surface area contributed by atoms with Gasteiger partial charge in [-0.05, 0) is 26.0 Å². The molecule has 2 bridgehead atoms. The molecule has 7 nitrogen and oxygen atoms in total. The summed E-state index contributed by atoms with van der Waals surface area (Å²) in [6, 6.07) is 14.9. The van der Waals surface area contributed by atoms with Crippen molar-refractivity contribution in [3.63, 3.8) is 0 Å². The van der Waals surface area contributed by atoms with E-state index in [0.717, 1.165) is 5.56 Å². The number of sulfone groups is 1. The minimum absolute atomic E-state index is 0.0843. The Morgan fingerprint density at radius 1 is 1.06 bits per heavy atom. The zero-order valence-corrected chi connectivity index (χ0v) is 18.9. The third-order valence-corrected chi connectivity index (χ3v) is 8.49. The molecule has 3 heterocycles. The zero-order valence-electron chi connectivity index (χ0n) is 18.1. The SMILES string of the molecule is CO[C@H]1O[C@@H]2CO[C@H]1[C@@H](S(=O)(=O)c1ccc(C)cc1)[C@@H]2C(C(C)=O)C(=O)c1ccccc1. The van der Waals surface area contributed by atoms with Crippen molar-refractivity contribution in [3.8, 4) is 0 Å². The van der Waals surface area contributed by atoms with Crippen molar-refractivity contribution in [1.29, 1.82) is 0 Å². The Balaban J connectivity index is 1.83. The summed E-state index contributed by atoms with van der Waals surface area (Å²) in [5.74, 6) is -2.91. The number of aryl methyl sites for hydroxylation is 1. The highest BCUT2D eigenvalue weighted by Crippen LogP contribution is 2.44. The molecule has 5 rings (SSSR count). The van der Waals surface area contributed by atoms with Gasteiger partial charge in [-0.25, -0.2) is 8.42 Å². The minimum atomic E-state index is -3.99. The molecule has 32 heavy (non-hydrogen) atoms. The number of Topliss-reactive ketones (excluding diaryl/α,β-unsaturated/α-hetero) is 2. The molecule has 1 unspecified atom stereocenters. The summed E-state index contributed by atoms with van der Waals surface area (Å²) in [5, 5.41) is -1.18. The van der Waals surface area contributed by atoms with Crippen LogP contribution >= 0.6 is 0 Å². The van der Waals surface area contributed by atoms with Crippen molar-refractivity contribution in [2.75, 3.05) is 13.7 Å². The molecule has 8 heteroatoms. The molecule has 6 atom stereocenters. The second-order valence-electron chi connectivity index (χ2n) is 8.30. The van der Waals surface area contributed by atoms with Crippen LogP contribution in [0.5, 0.6) is 0 Å². The molecule has 2 aromatic carbocycles. The first-order valence-electron chi connectivity index (χ1n) is 10.5. The standard InChI is InChI=1S/C24H26O7S/c1-14-9-11-17(12-10-14)32(27,28)23-20(18-13-30-22(23)24(29-3)31-18)19(15(2)25)21(26)16-7-5-4-6-8-16/h4-12,18-20,22-24H,13H2,1-3H3/t18-,19?,20+,22+,23+,24+/m1/s1. The van der Waals surface area contributed by atoms with Gasteiger partial charge in [0.15, 0.2) is 21.9 Å². The Morgan fingerprint density at radius 3 is 2.31 bits per heavy atom. The maximum absolute atomic E-state index is 13.8. The van der Waals surface area contributed by atoms with E-state index in [-0.39, 0.29) is 11.5 Å². The Labute approximate surface area is 187 Å². The van der Waals surface area contributed by atoms with E-state index in [1.807, 2.05) is 6.92 Å². The van der Waals surface area contributed by atoms with Crippen LogP contribution in [-0.4, -0.2) is 57.4 Å². The van der Waals surface area contributed by atoms with Gasteiger partial charge in [-0.3, -0.25) is 9.59 Å². The fourth-order valence-electron chi connectivity index (χ4n) is 4.73. The van der Waals surface area contributed by atoms with Crippen molar-refractivity contribution < 1.29 is 32.2 Å². The first-order valence-corrected chi connectivity index (χ1v) is 12.0. The summed E-state index contributed by atoms with van der Waals surface area (Å²) in [4.78, 5) is 26.3. The fraction of sp³-hybridized carbons (Fsp3) is 0.417. The zero-order chi connectivity index (χ0) is 23.0.